The number of fused-ring (bicyclic) bond motifs is 1. The van der Waals surface area contributed by atoms with Gasteiger partial charge in [0.25, 0.3) is 5.56 Å². The molecule has 3 aromatic rings. The Balaban J connectivity index is 2.45. The lowest BCUT2D eigenvalue weighted by Crippen LogP contribution is -2.39. The van der Waals surface area contributed by atoms with Crippen molar-refractivity contribution >= 4 is 39.1 Å². The summed E-state index contributed by atoms with van der Waals surface area (Å²) < 4.78 is 2.04. The van der Waals surface area contributed by atoms with Gasteiger partial charge in [-0.15, -0.1) is 11.3 Å². The van der Waals surface area contributed by atoms with Crippen molar-refractivity contribution in [3.05, 3.63) is 61.1 Å². The highest BCUT2D eigenvalue weighted by Crippen LogP contribution is 2.22. The molecule has 0 radical (unpaired) electrons. The van der Waals surface area contributed by atoms with Crippen LogP contribution in [0.1, 0.15) is 4.88 Å². The Bertz CT molecular complexity index is 1050. The van der Waals surface area contributed by atoms with Crippen LogP contribution in [0.2, 0.25) is 5.02 Å². The SMILES string of the molecule is Cc1cc2c(=O)n(-c3cccc(Cl)c3)c(=O)n(CC(=O)O)c2s1. The van der Waals surface area contributed by atoms with Crippen LogP contribution in [0.3, 0.4) is 0 Å². The molecule has 0 amide bonds. The normalized spacial score (nSPS) is 11.0. The van der Waals surface area contributed by atoms with E-state index in [1.165, 1.54) is 17.4 Å². The van der Waals surface area contributed by atoms with Crippen LogP contribution in [-0.4, -0.2) is 20.2 Å². The van der Waals surface area contributed by atoms with Crippen molar-refractivity contribution in [1.82, 2.24) is 9.13 Å². The summed E-state index contributed by atoms with van der Waals surface area (Å²) in [6.45, 7) is 1.28. The average Bonchev–Trinajstić information content (AvgIpc) is 2.86. The number of carbonyl (C=O) groups is 1. The number of carboxylic acid groups (broad SMARTS) is 1. The zero-order valence-electron chi connectivity index (χ0n) is 11.9. The summed E-state index contributed by atoms with van der Waals surface area (Å²) in [7, 11) is 0. The maximum atomic E-state index is 12.7. The van der Waals surface area contributed by atoms with Crippen molar-refractivity contribution in [2.24, 2.45) is 0 Å². The predicted molar refractivity (Wildman–Crippen MR) is 89.1 cm³/mol. The molecule has 0 bridgehead atoms. The maximum absolute atomic E-state index is 12.7. The van der Waals surface area contributed by atoms with Crippen LogP contribution in [0.15, 0.2) is 39.9 Å². The summed E-state index contributed by atoms with van der Waals surface area (Å²) in [6, 6.07) is 7.96. The fourth-order valence-corrected chi connectivity index (χ4v) is 3.56. The lowest BCUT2D eigenvalue weighted by Gasteiger charge is -2.10. The molecule has 118 valence electrons. The zero-order valence-corrected chi connectivity index (χ0v) is 13.5. The number of thiophene rings is 1. The van der Waals surface area contributed by atoms with Crippen LogP contribution in [0.4, 0.5) is 0 Å². The van der Waals surface area contributed by atoms with Crippen molar-refractivity contribution < 1.29 is 9.90 Å². The van der Waals surface area contributed by atoms with E-state index in [0.717, 1.165) is 14.0 Å². The van der Waals surface area contributed by atoms with Crippen LogP contribution >= 0.6 is 22.9 Å². The third-order valence-corrected chi connectivity index (χ3v) is 4.60. The number of rotatable bonds is 3. The lowest BCUT2D eigenvalue weighted by molar-refractivity contribution is -0.137. The molecule has 0 aliphatic heterocycles. The summed E-state index contributed by atoms with van der Waals surface area (Å²) in [4.78, 5) is 37.6. The van der Waals surface area contributed by atoms with Crippen LogP contribution in [0, 0.1) is 6.92 Å². The molecular formula is C15H11ClN2O4S. The third-order valence-electron chi connectivity index (χ3n) is 3.30. The van der Waals surface area contributed by atoms with E-state index in [-0.39, 0.29) is 0 Å². The minimum atomic E-state index is -1.16. The molecule has 1 aromatic carbocycles. The van der Waals surface area contributed by atoms with Crippen molar-refractivity contribution in [1.29, 1.82) is 0 Å². The summed E-state index contributed by atoms with van der Waals surface area (Å²) in [5.41, 5.74) is -0.885. The minimum Gasteiger partial charge on any atom is -0.480 e. The molecule has 0 aliphatic rings. The Morgan fingerprint density at radius 2 is 2.04 bits per heavy atom. The van der Waals surface area contributed by atoms with Gasteiger partial charge in [0.05, 0.1) is 11.1 Å². The summed E-state index contributed by atoms with van der Waals surface area (Å²) in [5.74, 6) is -1.16. The molecule has 0 fully saturated rings. The second-order valence-corrected chi connectivity index (χ2v) is 6.63. The molecule has 2 heterocycles. The Kier molecular flexibility index (Phi) is 3.83. The van der Waals surface area contributed by atoms with Crippen molar-refractivity contribution in [2.75, 3.05) is 0 Å². The molecular weight excluding hydrogens is 340 g/mol. The second-order valence-electron chi connectivity index (χ2n) is 4.96. The molecule has 0 saturated carbocycles. The van der Waals surface area contributed by atoms with Crippen LogP contribution in [0.25, 0.3) is 15.9 Å². The Morgan fingerprint density at radius 1 is 1.30 bits per heavy atom. The van der Waals surface area contributed by atoms with E-state index < -0.39 is 23.8 Å². The van der Waals surface area contributed by atoms with Gasteiger partial charge in [0.15, 0.2) is 0 Å². The van der Waals surface area contributed by atoms with Gasteiger partial charge in [0, 0.05) is 9.90 Å². The van der Waals surface area contributed by atoms with Crippen LogP contribution in [0.5, 0.6) is 0 Å². The van der Waals surface area contributed by atoms with Crippen molar-refractivity contribution in [3.63, 3.8) is 0 Å². The van der Waals surface area contributed by atoms with Gasteiger partial charge >= 0.3 is 11.7 Å². The fourth-order valence-electron chi connectivity index (χ4n) is 2.39. The molecule has 0 unspecified atom stereocenters. The Labute approximate surface area is 138 Å². The van der Waals surface area contributed by atoms with E-state index in [1.54, 1.807) is 31.2 Å². The molecule has 8 heteroatoms. The van der Waals surface area contributed by atoms with Crippen molar-refractivity contribution in [3.8, 4) is 5.69 Å². The molecule has 0 spiro atoms. The third kappa shape index (κ3) is 2.69. The monoisotopic (exact) mass is 350 g/mol. The van der Waals surface area contributed by atoms with Gasteiger partial charge in [0.1, 0.15) is 11.4 Å². The fraction of sp³-hybridized carbons (Fsp3) is 0.133. The molecule has 6 nitrogen and oxygen atoms in total. The first-order chi connectivity index (χ1) is 10.9. The first-order valence-corrected chi connectivity index (χ1v) is 7.81. The standard InChI is InChI=1S/C15H11ClN2O4S/c1-8-5-11-13(21)18(10-4-2-3-9(16)6-10)15(22)17(7-12(19)20)14(11)23-8/h2-6H,7H2,1H3,(H,19,20). The number of aryl methyl sites for hydroxylation is 1. The van der Waals surface area contributed by atoms with Gasteiger partial charge in [-0.05, 0) is 31.2 Å². The molecule has 1 N–H and O–H groups in total. The number of carboxylic acids is 1. The highest BCUT2D eigenvalue weighted by molar-refractivity contribution is 7.18. The van der Waals surface area contributed by atoms with Gasteiger partial charge in [0.2, 0.25) is 0 Å². The van der Waals surface area contributed by atoms with E-state index >= 15 is 0 Å². The molecule has 0 saturated heterocycles. The topological polar surface area (TPSA) is 81.3 Å². The van der Waals surface area contributed by atoms with Gasteiger partial charge in [-0.2, -0.15) is 0 Å². The van der Waals surface area contributed by atoms with Crippen molar-refractivity contribution in [2.45, 2.75) is 13.5 Å². The van der Waals surface area contributed by atoms with E-state index in [9.17, 15) is 14.4 Å². The van der Waals surface area contributed by atoms with E-state index in [1.807, 2.05) is 0 Å². The van der Waals surface area contributed by atoms with E-state index in [0.29, 0.717) is 20.9 Å². The molecule has 0 atom stereocenters. The largest absolute Gasteiger partial charge is 0.480 e. The predicted octanol–water partition coefficient (Wildman–Crippen LogP) is 2.26. The number of hydrogen-bond acceptors (Lipinski definition) is 4. The smallest absolute Gasteiger partial charge is 0.337 e. The Morgan fingerprint density at radius 3 is 2.70 bits per heavy atom. The highest BCUT2D eigenvalue weighted by atomic mass is 35.5. The Hall–Kier alpha value is -2.38. The zero-order chi connectivity index (χ0) is 16.7. The molecule has 0 aliphatic carbocycles. The van der Waals surface area contributed by atoms with Gasteiger partial charge in [-0.1, -0.05) is 17.7 Å². The number of halogens is 1. The first kappa shape index (κ1) is 15.5. The van der Waals surface area contributed by atoms with Crippen LogP contribution < -0.4 is 11.2 Å². The van der Waals surface area contributed by atoms with Gasteiger partial charge in [-0.25, -0.2) is 9.36 Å². The number of nitrogens with zero attached hydrogens (tertiary/aromatic N) is 2. The maximum Gasteiger partial charge on any atom is 0.337 e. The quantitative estimate of drug-likeness (QED) is 0.785. The number of aromatic nitrogens is 2. The molecule has 3 rings (SSSR count). The summed E-state index contributed by atoms with van der Waals surface area (Å²) in [6.07, 6.45) is 0. The van der Waals surface area contributed by atoms with E-state index in [4.69, 9.17) is 16.7 Å². The van der Waals surface area contributed by atoms with Crippen LogP contribution in [-0.2, 0) is 11.3 Å². The van der Waals surface area contributed by atoms with Gasteiger partial charge in [-0.3, -0.25) is 14.2 Å². The number of hydrogen-bond donors (Lipinski definition) is 1. The molecule has 2 aromatic heterocycles. The first-order valence-electron chi connectivity index (χ1n) is 6.62. The second kappa shape index (κ2) is 5.68. The minimum absolute atomic E-state index is 0.303. The van der Waals surface area contributed by atoms with E-state index in [2.05, 4.69) is 0 Å². The lowest BCUT2D eigenvalue weighted by atomic mass is 10.3. The average molecular weight is 351 g/mol. The number of benzene rings is 1. The molecule has 23 heavy (non-hydrogen) atoms. The summed E-state index contributed by atoms with van der Waals surface area (Å²) >= 11 is 7.15. The number of aliphatic carboxylic acids is 1. The van der Waals surface area contributed by atoms with Gasteiger partial charge < -0.3 is 5.11 Å². The summed E-state index contributed by atoms with van der Waals surface area (Å²) in [5, 5.41) is 9.76. The highest BCUT2D eigenvalue weighted by Gasteiger charge is 2.18.